The highest BCUT2D eigenvalue weighted by Crippen LogP contribution is 2.35. The third kappa shape index (κ3) is 3.79. The van der Waals surface area contributed by atoms with Gasteiger partial charge in [-0.15, -0.1) is 12.4 Å². The molecule has 2 N–H and O–H groups in total. The van der Waals surface area contributed by atoms with Crippen LogP contribution in [-0.4, -0.2) is 6.54 Å². The van der Waals surface area contributed by atoms with E-state index < -0.39 is 0 Å². The summed E-state index contributed by atoms with van der Waals surface area (Å²) in [6.07, 6.45) is 3.53. The van der Waals surface area contributed by atoms with Crippen molar-refractivity contribution in [2.24, 2.45) is 5.73 Å². The first-order valence-electron chi connectivity index (χ1n) is 7.02. The number of halogens is 2. The molecule has 0 saturated carbocycles. The summed E-state index contributed by atoms with van der Waals surface area (Å²) in [5.41, 5.74) is 8.66. The molecule has 0 unspecified atom stereocenters. The van der Waals surface area contributed by atoms with Gasteiger partial charge < -0.3 is 5.73 Å². The summed E-state index contributed by atoms with van der Waals surface area (Å²) in [5.74, 6) is 0.322. The Bertz CT molecular complexity index is 617. The number of rotatable bonds is 3. The second-order valence-corrected chi connectivity index (χ2v) is 6.39. The highest BCUT2D eigenvalue weighted by atomic mass is 35.5. The zero-order valence-corrected chi connectivity index (χ0v) is 13.4. The van der Waals surface area contributed by atoms with Gasteiger partial charge in [-0.25, -0.2) is 4.39 Å². The molecule has 0 spiro atoms. The average Bonchev–Trinajstić information content (AvgIpc) is 2.46. The normalized spacial score (nSPS) is 17.0. The van der Waals surface area contributed by atoms with E-state index in [2.05, 4.69) is 18.2 Å². The van der Waals surface area contributed by atoms with Gasteiger partial charge in [0.1, 0.15) is 5.82 Å². The number of aryl methyl sites for hydroxylation is 1. The summed E-state index contributed by atoms with van der Waals surface area (Å²) in [7, 11) is 0. The zero-order chi connectivity index (χ0) is 13.9. The molecule has 0 fully saturated rings. The van der Waals surface area contributed by atoms with E-state index in [9.17, 15) is 4.39 Å². The van der Waals surface area contributed by atoms with Crippen LogP contribution in [0.25, 0.3) is 0 Å². The van der Waals surface area contributed by atoms with Gasteiger partial charge in [-0.1, -0.05) is 23.9 Å². The van der Waals surface area contributed by atoms with Gasteiger partial charge in [0.25, 0.3) is 0 Å². The number of nitrogens with two attached hydrogens (primary N) is 1. The minimum atomic E-state index is -0.184. The second kappa shape index (κ2) is 7.30. The van der Waals surface area contributed by atoms with E-state index >= 15 is 0 Å². The van der Waals surface area contributed by atoms with Crippen molar-refractivity contribution in [2.45, 2.75) is 35.0 Å². The summed E-state index contributed by atoms with van der Waals surface area (Å²) in [4.78, 5) is 2.11. The molecule has 2 aromatic rings. The van der Waals surface area contributed by atoms with Crippen molar-refractivity contribution in [2.75, 3.05) is 6.54 Å². The fourth-order valence-corrected chi connectivity index (χ4v) is 3.79. The first-order valence-corrected chi connectivity index (χ1v) is 7.84. The first kappa shape index (κ1) is 16.3. The summed E-state index contributed by atoms with van der Waals surface area (Å²) >= 11 is 1.61. The molecule has 1 nitrogen and oxygen atoms in total. The van der Waals surface area contributed by atoms with Crippen molar-refractivity contribution in [1.29, 1.82) is 0 Å². The van der Waals surface area contributed by atoms with Crippen LogP contribution in [0.3, 0.4) is 0 Å². The van der Waals surface area contributed by atoms with Gasteiger partial charge in [-0.05, 0) is 73.2 Å². The molecule has 0 saturated heterocycles. The lowest BCUT2D eigenvalue weighted by Crippen LogP contribution is -2.18. The smallest absolute Gasteiger partial charge is 0.124 e. The molecule has 2 aromatic carbocycles. The fourth-order valence-electron chi connectivity index (χ4n) is 2.87. The standard InChI is InChI=1S/C17H18FNS.ClH/c18-14-5-2-6-15(10-14)20-16-7-8-17-12(9-16)3-1-4-13(17)11-19;/h2,5-10,13H,1,3-4,11,19H2;1H/t13-;/m0./s1. The highest BCUT2D eigenvalue weighted by Gasteiger charge is 2.19. The summed E-state index contributed by atoms with van der Waals surface area (Å²) in [5, 5.41) is 0. The Balaban J connectivity index is 0.00000161. The van der Waals surface area contributed by atoms with E-state index in [0.717, 1.165) is 17.9 Å². The molecule has 0 aliphatic heterocycles. The van der Waals surface area contributed by atoms with E-state index in [1.54, 1.807) is 23.9 Å². The molecule has 112 valence electrons. The Hall–Kier alpha value is -1.03. The average molecular weight is 324 g/mol. The molecular weight excluding hydrogens is 305 g/mol. The van der Waals surface area contributed by atoms with E-state index in [4.69, 9.17) is 5.73 Å². The molecule has 3 rings (SSSR count). The van der Waals surface area contributed by atoms with Gasteiger partial charge in [-0.2, -0.15) is 0 Å². The van der Waals surface area contributed by atoms with Crippen molar-refractivity contribution in [3.63, 3.8) is 0 Å². The predicted octanol–water partition coefficient (Wildman–Crippen LogP) is 4.78. The topological polar surface area (TPSA) is 26.0 Å². The van der Waals surface area contributed by atoms with Crippen LogP contribution in [0.1, 0.15) is 29.9 Å². The fraction of sp³-hybridized carbons (Fsp3) is 0.294. The van der Waals surface area contributed by atoms with Gasteiger partial charge in [0.15, 0.2) is 0 Å². The first-order chi connectivity index (χ1) is 9.76. The third-order valence-corrected chi connectivity index (χ3v) is 4.85. The monoisotopic (exact) mass is 323 g/mol. The SMILES string of the molecule is Cl.NC[C@@H]1CCCc2cc(Sc3cccc(F)c3)ccc21. The van der Waals surface area contributed by atoms with Gasteiger partial charge in [0, 0.05) is 9.79 Å². The van der Waals surface area contributed by atoms with Crippen LogP contribution >= 0.6 is 24.2 Å². The van der Waals surface area contributed by atoms with Crippen molar-refractivity contribution in [3.8, 4) is 0 Å². The molecule has 1 aliphatic carbocycles. The van der Waals surface area contributed by atoms with E-state index in [-0.39, 0.29) is 18.2 Å². The van der Waals surface area contributed by atoms with Crippen LogP contribution in [-0.2, 0) is 6.42 Å². The van der Waals surface area contributed by atoms with Crippen molar-refractivity contribution >= 4 is 24.2 Å². The molecule has 0 amide bonds. The predicted molar refractivity (Wildman–Crippen MR) is 88.9 cm³/mol. The lowest BCUT2D eigenvalue weighted by molar-refractivity contribution is 0.560. The number of hydrogen-bond donors (Lipinski definition) is 1. The second-order valence-electron chi connectivity index (χ2n) is 5.24. The molecule has 0 bridgehead atoms. The van der Waals surface area contributed by atoms with Gasteiger partial charge in [0.2, 0.25) is 0 Å². The summed E-state index contributed by atoms with van der Waals surface area (Å²) < 4.78 is 13.2. The van der Waals surface area contributed by atoms with E-state index in [0.29, 0.717) is 5.92 Å². The molecule has 1 aliphatic rings. The van der Waals surface area contributed by atoms with Crippen molar-refractivity contribution in [1.82, 2.24) is 0 Å². The Labute approximate surface area is 135 Å². The Morgan fingerprint density at radius 2 is 1.95 bits per heavy atom. The number of fused-ring (bicyclic) bond motifs is 1. The highest BCUT2D eigenvalue weighted by molar-refractivity contribution is 7.99. The molecule has 0 heterocycles. The third-order valence-electron chi connectivity index (χ3n) is 3.87. The molecule has 0 aromatic heterocycles. The molecule has 4 heteroatoms. The van der Waals surface area contributed by atoms with Crippen LogP contribution in [0.5, 0.6) is 0 Å². The lowest BCUT2D eigenvalue weighted by Gasteiger charge is -2.24. The maximum absolute atomic E-state index is 13.2. The lowest BCUT2D eigenvalue weighted by atomic mass is 9.83. The molecule has 1 atom stereocenters. The molecular formula is C17H19ClFNS. The largest absolute Gasteiger partial charge is 0.330 e. The molecule has 21 heavy (non-hydrogen) atoms. The summed E-state index contributed by atoms with van der Waals surface area (Å²) in [6.45, 7) is 0.726. The maximum atomic E-state index is 13.2. The van der Waals surface area contributed by atoms with E-state index in [1.807, 2.05) is 6.07 Å². The summed E-state index contributed by atoms with van der Waals surface area (Å²) in [6, 6.07) is 13.3. The van der Waals surface area contributed by atoms with Crippen LogP contribution in [0.4, 0.5) is 4.39 Å². The quantitative estimate of drug-likeness (QED) is 0.880. The Morgan fingerprint density at radius 3 is 2.71 bits per heavy atom. The minimum Gasteiger partial charge on any atom is -0.330 e. The van der Waals surface area contributed by atoms with Gasteiger partial charge >= 0.3 is 0 Å². The Morgan fingerprint density at radius 1 is 1.14 bits per heavy atom. The number of benzene rings is 2. The van der Waals surface area contributed by atoms with Crippen LogP contribution < -0.4 is 5.73 Å². The van der Waals surface area contributed by atoms with Crippen LogP contribution in [0.2, 0.25) is 0 Å². The van der Waals surface area contributed by atoms with Crippen LogP contribution in [0.15, 0.2) is 52.3 Å². The van der Waals surface area contributed by atoms with E-state index in [1.165, 1.54) is 34.9 Å². The molecule has 0 radical (unpaired) electrons. The van der Waals surface area contributed by atoms with Gasteiger partial charge in [-0.3, -0.25) is 0 Å². The Kier molecular flexibility index (Phi) is 5.68. The maximum Gasteiger partial charge on any atom is 0.124 e. The minimum absolute atomic E-state index is 0. The number of hydrogen-bond acceptors (Lipinski definition) is 2. The van der Waals surface area contributed by atoms with Gasteiger partial charge in [0.05, 0.1) is 0 Å². The zero-order valence-electron chi connectivity index (χ0n) is 11.7. The van der Waals surface area contributed by atoms with Crippen molar-refractivity contribution < 1.29 is 4.39 Å². The van der Waals surface area contributed by atoms with Crippen molar-refractivity contribution in [3.05, 3.63) is 59.4 Å². The van der Waals surface area contributed by atoms with Crippen LogP contribution in [0, 0.1) is 5.82 Å².